The van der Waals surface area contributed by atoms with Crippen LogP contribution < -0.4 is 10.1 Å². The van der Waals surface area contributed by atoms with Gasteiger partial charge in [0.25, 0.3) is 0 Å². The zero-order chi connectivity index (χ0) is 20.9. The van der Waals surface area contributed by atoms with Crippen LogP contribution in [-0.2, 0) is 11.3 Å². The largest absolute Gasteiger partial charge is 0.497 e. The third-order valence-electron chi connectivity index (χ3n) is 4.78. The molecule has 0 spiro atoms. The van der Waals surface area contributed by atoms with E-state index >= 15 is 0 Å². The number of carbonyl (C=O) groups is 1. The Labute approximate surface area is 180 Å². The van der Waals surface area contributed by atoms with Crippen molar-refractivity contribution >= 4 is 28.7 Å². The van der Waals surface area contributed by atoms with Crippen LogP contribution in [-0.4, -0.2) is 28.3 Å². The number of hydrogen-bond donors (Lipinski definition) is 1. The second-order valence-corrected chi connectivity index (χ2v) is 7.91. The molecule has 30 heavy (non-hydrogen) atoms. The Hall–Kier alpha value is -3.25. The summed E-state index contributed by atoms with van der Waals surface area (Å²) in [5, 5.41) is 3.77. The minimum absolute atomic E-state index is 0.0367. The zero-order valence-electron chi connectivity index (χ0n) is 17.0. The Bertz CT molecular complexity index is 1170. The number of carbonyl (C=O) groups excluding carboxylic acids is 1. The van der Waals surface area contributed by atoms with Crippen LogP contribution in [0, 0.1) is 6.92 Å². The Morgan fingerprint density at radius 2 is 1.87 bits per heavy atom. The number of methoxy groups -OCH3 is 1. The molecule has 6 heteroatoms. The summed E-state index contributed by atoms with van der Waals surface area (Å²) in [4.78, 5) is 17.2. The number of fused-ring (bicyclic) bond motifs is 1. The first-order valence-electron chi connectivity index (χ1n) is 9.71. The third kappa shape index (κ3) is 4.49. The molecule has 0 aliphatic heterocycles. The van der Waals surface area contributed by atoms with Gasteiger partial charge >= 0.3 is 0 Å². The molecule has 0 unspecified atom stereocenters. The van der Waals surface area contributed by atoms with Crippen LogP contribution in [0.3, 0.4) is 0 Å². The molecule has 5 nitrogen and oxygen atoms in total. The van der Waals surface area contributed by atoms with Crippen molar-refractivity contribution in [1.82, 2.24) is 14.9 Å². The maximum absolute atomic E-state index is 12.5. The second kappa shape index (κ2) is 9.05. The number of rotatable bonds is 7. The molecular formula is C24H23N3O2S. The molecule has 1 N–H and O–H groups in total. The summed E-state index contributed by atoms with van der Waals surface area (Å²) < 4.78 is 7.34. The number of benzene rings is 3. The van der Waals surface area contributed by atoms with E-state index in [1.54, 1.807) is 7.11 Å². The van der Waals surface area contributed by atoms with Gasteiger partial charge in [0, 0.05) is 12.2 Å². The fourth-order valence-electron chi connectivity index (χ4n) is 3.21. The van der Waals surface area contributed by atoms with Gasteiger partial charge in [0.15, 0.2) is 5.16 Å². The fraction of sp³-hybridized carbons (Fsp3) is 0.167. The van der Waals surface area contributed by atoms with Crippen LogP contribution in [0.1, 0.15) is 11.1 Å². The van der Waals surface area contributed by atoms with E-state index in [2.05, 4.69) is 47.1 Å². The van der Waals surface area contributed by atoms with Crippen molar-refractivity contribution in [2.75, 3.05) is 12.9 Å². The van der Waals surface area contributed by atoms with Gasteiger partial charge in [-0.2, -0.15) is 0 Å². The van der Waals surface area contributed by atoms with Crippen LogP contribution in [0.4, 0.5) is 0 Å². The molecule has 152 valence electrons. The van der Waals surface area contributed by atoms with Crippen molar-refractivity contribution < 1.29 is 9.53 Å². The molecule has 0 fully saturated rings. The molecule has 0 bridgehead atoms. The quantitative estimate of drug-likeness (QED) is 0.441. The number of nitrogens with one attached hydrogen (secondary N) is 1. The minimum Gasteiger partial charge on any atom is -0.497 e. The van der Waals surface area contributed by atoms with Gasteiger partial charge in [-0.1, -0.05) is 53.7 Å². The van der Waals surface area contributed by atoms with Gasteiger partial charge in [0.1, 0.15) is 5.75 Å². The highest BCUT2D eigenvalue weighted by Crippen LogP contribution is 2.28. The Balaban J connectivity index is 1.49. The lowest BCUT2D eigenvalue weighted by Crippen LogP contribution is -2.24. The summed E-state index contributed by atoms with van der Waals surface area (Å²) >= 11 is 1.44. The first kappa shape index (κ1) is 20.0. The number of para-hydroxylation sites is 2. The molecule has 1 amide bonds. The zero-order valence-corrected chi connectivity index (χ0v) is 17.8. The average molecular weight is 418 g/mol. The van der Waals surface area contributed by atoms with Crippen molar-refractivity contribution in [3.8, 4) is 11.4 Å². The second-order valence-electron chi connectivity index (χ2n) is 6.97. The number of aryl methyl sites for hydroxylation is 1. The number of imidazole rings is 1. The standard InChI is InChI=1S/C24H23N3O2S/c1-17-10-12-19(13-11-17)27-22-9-4-3-8-21(22)26-24(27)30-16-23(28)25-15-18-6-5-7-20(14-18)29-2/h3-14H,15-16H2,1-2H3,(H,25,28). The highest BCUT2D eigenvalue weighted by atomic mass is 32.2. The van der Waals surface area contributed by atoms with Crippen LogP contribution >= 0.6 is 11.8 Å². The van der Waals surface area contributed by atoms with Gasteiger partial charge in [-0.25, -0.2) is 4.98 Å². The molecule has 3 aromatic carbocycles. The van der Waals surface area contributed by atoms with Gasteiger partial charge < -0.3 is 10.1 Å². The lowest BCUT2D eigenvalue weighted by molar-refractivity contribution is -0.118. The van der Waals surface area contributed by atoms with E-state index in [1.165, 1.54) is 17.3 Å². The van der Waals surface area contributed by atoms with Gasteiger partial charge in [0.2, 0.25) is 5.91 Å². The highest BCUT2D eigenvalue weighted by molar-refractivity contribution is 7.99. The third-order valence-corrected chi connectivity index (χ3v) is 5.72. The van der Waals surface area contributed by atoms with Gasteiger partial charge in [0.05, 0.1) is 23.9 Å². The van der Waals surface area contributed by atoms with Gasteiger partial charge in [-0.3, -0.25) is 9.36 Å². The first-order chi connectivity index (χ1) is 14.6. The molecular weight excluding hydrogens is 394 g/mol. The summed E-state index contributed by atoms with van der Waals surface area (Å²) in [7, 11) is 1.63. The van der Waals surface area contributed by atoms with E-state index in [-0.39, 0.29) is 5.91 Å². The number of ether oxygens (including phenoxy) is 1. The van der Waals surface area contributed by atoms with Crippen molar-refractivity contribution in [1.29, 1.82) is 0 Å². The van der Waals surface area contributed by atoms with Crippen molar-refractivity contribution in [3.63, 3.8) is 0 Å². The van der Waals surface area contributed by atoms with Gasteiger partial charge in [-0.05, 0) is 48.9 Å². The molecule has 0 saturated heterocycles. The maximum atomic E-state index is 12.5. The van der Waals surface area contributed by atoms with E-state index in [0.717, 1.165) is 33.2 Å². The first-order valence-corrected chi connectivity index (χ1v) is 10.7. The molecule has 1 heterocycles. The number of hydrogen-bond acceptors (Lipinski definition) is 4. The molecule has 0 atom stereocenters. The molecule has 4 aromatic rings. The van der Waals surface area contributed by atoms with E-state index in [9.17, 15) is 4.79 Å². The maximum Gasteiger partial charge on any atom is 0.230 e. The Morgan fingerprint density at radius 1 is 1.07 bits per heavy atom. The molecule has 4 rings (SSSR count). The van der Waals surface area contributed by atoms with Crippen LogP contribution in [0.25, 0.3) is 16.7 Å². The lowest BCUT2D eigenvalue weighted by Gasteiger charge is -2.10. The predicted octanol–water partition coefficient (Wildman–Crippen LogP) is 4.75. The van der Waals surface area contributed by atoms with Crippen molar-refractivity contribution in [2.24, 2.45) is 0 Å². The highest BCUT2D eigenvalue weighted by Gasteiger charge is 2.14. The SMILES string of the molecule is COc1cccc(CNC(=O)CSc2nc3ccccc3n2-c2ccc(C)cc2)c1. The molecule has 0 aliphatic carbocycles. The van der Waals surface area contributed by atoms with Crippen molar-refractivity contribution in [3.05, 3.63) is 83.9 Å². The van der Waals surface area contributed by atoms with E-state index in [1.807, 2.05) is 42.5 Å². The average Bonchev–Trinajstić information content (AvgIpc) is 3.15. The minimum atomic E-state index is -0.0367. The Kier molecular flexibility index (Phi) is 6.05. The summed E-state index contributed by atoms with van der Waals surface area (Å²) in [6.07, 6.45) is 0. The molecule has 0 aliphatic rings. The van der Waals surface area contributed by atoms with E-state index in [4.69, 9.17) is 9.72 Å². The number of amides is 1. The van der Waals surface area contributed by atoms with E-state index < -0.39 is 0 Å². The Morgan fingerprint density at radius 3 is 2.67 bits per heavy atom. The lowest BCUT2D eigenvalue weighted by atomic mass is 10.2. The smallest absolute Gasteiger partial charge is 0.230 e. The number of nitrogens with zero attached hydrogens (tertiary/aromatic N) is 2. The summed E-state index contributed by atoms with van der Waals surface area (Å²) in [5.41, 5.74) is 5.18. The van der Waals surface area contributed by atoms with Crippen LogP contribution in [0.5, 0.6) is 5.75 Å². The topological polar surface area (TPSA) is 56.1 Å². The van der Waals surface area contributed by atoms with Crippen LogP contribution in [0.15, 0.2) is 78.0 Å². The molecule has 0 saturated carbocycles. The predicted molar refractivity (Wildman–Crippen MR) is 121 cm³/mol. The number of thioether (sulfide) groups is 1. The monoisotopic (exact) mass is 417 g/mol. The summed E-state index contributed by atoms with van der Waals surface area (Å²) in [6, 6.07) is 24.0. The summed E-state index contributed by atoms with van der Waals surface area (Å²) in [5.74, 6) is 1.03. The van der Waals surface area contributed by atoms with Crippen molar-refractivity contribution in [2.45, 2.75) is 18.6 Å². The normalized spacial score (nSPS) is 10.9. The fourth-order valence-corrected chi connectivity index (χ4v) is 4.07. The van der Waals surface area contributed by atoms with Crippen LogP contribution in [0.2, 0.25) is 0 Å². The molecule has 1 aromatic heterocycles. The molecule has 0 radical (unpaired) electrons. The van der Waals surface area contributed by atoms with Gasteiger partial charge in [-0.15, -0.1) is 0 Å². The van der Waals surface area contributed by atoms with E-state index in [0.29, 0.717) is 12.3 Å². The summed E-state index contributed by atoms with van der Waals surface area (Å²) in [6.45, 7) is 2.53. The number of aromatic nitrogens is 2.